The molecule has 1 aromatic heterocycles. The summed E-state index contributed by atoms with van der Waals surface area (Å²) in [4.78, 5) is 30.9. The van der Waals surface area contributed by atoms with E-state index in [1.54, 1.807) is 30.3 Å². The Bertz CT molecular complexity index is 1010. The van der Waals surface area contributed by atoms with Crippen LogP contribution in [0.2, 0.25) is 0 Å². The van der Waals surface area contributed by atoms with Gasteiger partial charge in [0.25, 0.3) is 5.56 Å². The summed E-state index contributed by atoms with van der Waals surface area (Å²) in [5, 5.41) is 0.530. The standard InChI is InChI=1S/C18H15IN2O4/c1-3-24-15-9-11(8-13(19)16(15)25-10(2)22)17-20-14-7-5-4-6-12(14)18(23)21-17/h4-9H,3H2,1-2H3,(H,20,21,23). The van der Waals surface area contributed by atoms with E-state index in [0.29, 0.717) is 44.0 Å². The number of esters is 1. The molecule has 128 valence electrons. The molecule has 2 aromatic carbocycles. The number of para-hydroxylation sites is 1. The van der Waals surface area contributed by atoms with Crippen LogP contribution in [0, 0.1) is 3.57 Å². The van der Waals surface area contributed by atoms with Gasteiger partial charge in [0.15, 0.2) is 11.5 Å². The van der Waals surface area contributed by atoms with Crippen molar-refractivity contribution in [2.24, 2.45) is 0 Å². The minimum absolute atomic E-state index is 0.211. The fourth-order valence-corrected chi connectivity index (χ4v) is 3.14. The molecule has 0 aliphatic heterocycles. The van der Waals surface area contributed by atoms with Crippen LogP contribution >= 0.6 is 22.6 Å². The van der Waals surface area contributed by atoms with Crippen LogP contribution in [-0.4, -0.2) is 22.5 Å². The molecule has 0 bridgehead atoms. The molecule has 0 saturated heterocycles. The van der Waals surface area contributed by atoms with E-state index in [4.69, 9.17) is 9.47 Å². The molecular weight excluding hydrogens is 435 g/mol. The van der Waals surface area contributed by atoms with Gasteiger partial charge in [0.1, 0.15) is 5.82 Å². The lowest BCUT2D eigenvalue weighted by atomic mass is 10.1. The Balaban J connectivity index is 2.17. The van der Waals surface area contributed by atoms with Gasteiger partial charge in [0.05, 0.1) is 21.1 Å². The average molecular weight is 450 g/mol. The number of benzene rings is 2. The monoisotopic (exact) mass is 450 g/mol. The lowest BCUT2D eigenvalue weighted by Crippen LogP contribution is -2.10. The van der Waals surface area contributed by atoms with Gasteiger partial charge in [-0.25, -0.2) is 4.98 Å². The van der Waals surface area contributed by atoms with Gasteiger partial charge in [0, 0.05) is 12.5 Å². The van der Waals surface area contributed by atoms with Gasteiger partial charge in [-0.2, -0.15) is 0 Å². The van der Waals surface area contributed by atoms with Gasteiger partial charge in [-0.05, 0) is 53.8 Å². The molecule has 0 unspecified atom stereocenters. The summed E-state index contributed by atoms with van der Waals surface area (Å²) in [6, 6.07) is 10.6. The number of rotatable bonds is 4. The number of hydrogen-bond donors (Lipinski definition) is 1. The highest BCUT2D eigenvalue weighted by Crippen LogP contribution is 2.37. The van der Waals surface area contributed by atoms with E-state index in [9.17, 15) is 9.59 Å². The third-order valence-corrected chi connectivity index (χ3v) is 4.24. The van der Waals surface area contributed by atoms with Crippen molar-refractivity contribution in [2.75, 3.05) is 6.61 Å². The molecule has 3 aromatic rings. The zero-order chi connectivity index (χ0) is 18.0. The topological polar surface area (TPSA) is 81.3 Å². The van der Waals surface area contributed by atoms with Crippen LogP contribution in [0.1, 0.15) is 13.8 Å². The predicted molar refractivity (Wildman–Crippen MR) is 103 cm³/mol. The van der Waals surface area contributed by atoms with Crippen molar-refractivity contribution in [3.8, 4) is 22.9 Å². The zero-order valence-electron chi connectivity index (χ0n) is 13.6. The minimum Gasteiger partial charge on any atom is -0.490 e. The second-order valence-corrected chi connectivity index (χ2v) is 6.41. The highest BCUT2D eigenvalue weighted by atomic mass is 127. The summed E-state index contributed by atoms with van der Waals surface area (Å²) in [5.41, 5.74) is 1.07. The molecule has 0 radical (unpaired) electrons. The number of ether oxygens (including phenoxy) is 2. The van der Waals surface area contributed by atoms with Crippen LogP contribution in [0.15, 0.2) is 41.2 Å². The summed E-state index contributed by atoms with van der Waals surface area (Å²) in [6.45, 7) is 3.59. The largest absolute Gasteiger partial charge is 0.490 e. The van der Waals surface area contributed by atoms with Crippen molar-refractivity contribution in [2.45, 2.75) is 13.8 Å². The molecule has 0 saturated carbocycles. The molecule has 0 spiro atoms. The van der Waals surface area contributed by atoms with Crippen LogP contribution < -0.4 is 15.0 Å². The normalized spacial score (nSPS) is 10.7. The van der Waals surface area contributed by atoms with Crippen molar-refractivity contribution in [1.29, 1.82) is 0 Å². The fourth-order valence-electron chi connectivity index (χ4n) is 2.43. The van der Waals surface area contributed by atoms with E-state index in [0.717, 1.165) is 0 Å². The molecule has 0 amide bonds. The van der Waals surface area contributed by atoms with E-state index < -0.39 is 5.97 Å². The van der Waals surface area contributed by atoms with E-state index in [1.807, 2.05) is 13.0 Å². The van der Waals surface area contributed by atoms with Crippen LogP contribution in [0.4, 0.5) is 0 Å². The molecule has 6 nitrogen and oxygen atoms in total. The SMILES string of the molecule is CCOc1cc(-c2nc3ccccc3c(=O)[nH]2)cc(I)c1OC(C)=O. The Morgan fingerprint density at radius 1 is 1.28 bits per heavy atom. The number of nitrogens with one attached hydrogen (secondary N) is 1. The maximum absolute atomic E-state index is 12.3. The number of hydrogen-bond acceptors (Lipinski definition) is 5. The lowest BCUT2D eigenvalue weighted by molar-refractivity contribution is -0.132. The Morgan fingerprint density at radius 3 is 2.76 bits per heavy atom. The van der Waals surface area contributed by atoms with Crippen LogP contribution in [-0.2, 0) is 4.79 Å². The zero-order valence-corrected chi connectivity index (χ0v) is 15.8. The predicted octanol–water partition coefficient (Wildman–Crippen LogP) is 3.52. The third kappa shape index (κ3) is 3.65. The molecular formula is C18H15IN2O4. The summed E-state index contributed by atoms with van der Waals surface area (Å²) < 4.78 is 11.5. The molecule has 0 fully saturated rings. The van der Waals surface area contributed by atoms with E-state index in [2.05, 4.69) is 32.6 Å². The van der Waals surface area contributed by atoms with Gasteiger partial charge in [-0.1, -0.05) is 12.1 Å². The first-order chi connectivity index (χ1) is 12.0. The third-order valence-electron chi connectivity index (χ3n) is 3.44. The summed E-state index contributed by atoms with van der Waals surface area (Å²) in [5.74, 6) is 0.790. The number of carbonyl (C=O) groups excluding carboxylic acids is 1. The summed E-state index contributed by atoms with van der Waals surface area (Å²) in [6.07, 6.45) is 0. The average Bonchev–Trinajstić information content (AvgIpc) is 2.57. The first-order valence-electron chi connectivity index (χ1n) is 7.63. The second-order valence-electron chi connectivity index (χ2n) is 5.24. The van der Waals surface area contributed by atoms with Gasteiger partial charge in [-0.3, -0.25) is 9.59 Å². The Morgan fingerprint density at radius 2 is 2.04 bits per heavy atom. The number of aromatic amines is 1. The van der Waals surface area contributed by atoms with Crippen molar-refractivity contribution in [1.82, 2.24) is 9.97 Å². The quantitative estimate of drug-likeness (QED) is 0.374. The molecule has 0 aliphatic carbocycles. The van der Waals surface area contributed by atoms with E-state index in [-0.39, 0.29) is 5.56 Å². The number of aromatic nitrogens is 2. The van der Waals surface area contributed by atoms with E-state index in [1.165, 1.54) is 6.92 Å². The molecule has 7 heteroatoms. The molecule has 0 atom stereocenters. The first-order valence-corrected chi connectivity index (χ1v) is 8.71. The van der Waals surface area contributed by atoms with Crippen molar-refractivity contribution in [3.05, 3.63) is 50.3 Å². The number of carbonyl (C=O) groups is 1. The van der Waals surface area contributed by atoms with Crippen molar-refractivity contribution in [3.63, 3.8) is 0 Å². The Kier molecular flexibility index (Phi) is 5.03. The van der Waals surface area contributed by atoms with E-state index >= 15 is 0 Å². The van der Waals surface area contributed by atoms with Gasteiger partial charge in [-0.15, -0.1) is 0 Å². The Hall–Kier alpha value is -2.42. The van der Waals surface area contributed by atoms with Gasteiger partial charge < -0.3 is 14.5 Å². The maximum Gasteiger partial charge on any atom is 0.308 e. The molecule has 1 N–H and O–H groups in total. The lowest BCUT2D eigenvalue weighted by Gasteiger charge is -2.13. The highest BCUT2D eigenvalue weighted by molar-refractivity contribution is 14.1. The van der Waals surface area contributed by atoms with Crippen molar-refractivity contribution >= 4 is 39.5 Å². The molecule has 0 aliphatic rings. The minimum atomic E-state index is -0.427. The molecule has 25 heavy (non-hydrogen) atoms. The number of H-pyrrole nitrogens is 1. The summed E-state index contributed by atoms with van der Waals surface area (Å²) >= 11 is 2.06. The van der Waals surface area contributed by atoms with Crippen LogP contribution in [0.25, 0.3) is 22.3 Å². The Labute approximate surface area is 157 Å². The smallest absolute Gasteiger partial charge is 0.308 e. The van der Waals surface area contributed by atoms with Gasteiger partial charge >= 0.3 is 5.97 Å². The molecule has 1 heterocycles. The number of fused-ring (bicyclic) bond motifs is 1. The van der Waals surface area contributed by atoms with Crippen LogP contribution in [0.5, 0.6) is 11.5 Å². The number of halogens is 1. The first kappa shape index (κ1) is 17.4. The maximum atomic E-state index is 12.3. The van der Waals surface area contributed by atoms with Crippen molar-refractivity contribution < 1.29 is 14.3 Å². The van der Waals surface area contributed by atoms with Gasteiger partial charge in [0.2, 0.25) is 0 Å². The fraction of sp³-hybridized carbons (Fsp3) is 0.167. The highest BCUT2D eigenvalue weighted by Gasteiger charge is 2.16. The second kappa shape index (κ2) is 7.22. The molecule has 3 rings (SSSR count). The summed E-state index contributed by atoms with van der Waals surface area (Å²) in [7, 11) is 0. The van der Waals surface area contributed by atoms with Crippen LogP contribution in [0.3, 0.4) is 0 Å². The number of nitrogens with zero attached hydrogens (tertiary/aromatic N) is 1.